The summed E-state index contributed by atoms with van der Waals surface area (Å²) in [7, 11) is -3.50. The van der Waals surface area contributed by atoms with Crippen molar-refractivity contribution in [1.82, 2.24) is 9.29 Å². The van der Waals surface area contributed by atoms with Crippen LogP contribution in [0.4, 0.5) is 5.13 Å². The maximum atomic E-state index is 12.5. The number of fused-ring (bicyclic) bond motifs is 1. The number of hydrogen-bond acceptors (Lipinski definition) is 5. The van der Waals surface area contributed by atoms with Crippen LogP contribution in [0.2, 0.25) is 0 Å². The Bertz CT molecular complexity index is 808. The molecule has 1 aromatic carbocycles. The minimum absolute atomic E-state index is 0.231. The van der Waals surface area contributed by atoms with Crippen LogP contribution in [0, 0.1) is 0 Å². The Balaban J connectivity index is 2.42. The van der Waals surface area contributed by atoms with E-state index in [2.05, 4.69) is 16.9 Å². The van der Waals surface area contributed by atoms with Gasteiger partial charge < -0.3 is 0 Å². The van der Waals surface area contributed by atoms with E-state index in [1.165, 1.54) is 21.7 Å². The van der Waals surface area contributed by atoms with Gasteiger partial charge in [-0.1, -0.05) is 31.8 Å². The van der Waals surface area contributed by atoms with Gasteiger partial charge in [-0.05, 0) is 24.3 Å². The van der Waals surface area contributed by atoms with Gasteiger partial charge in [-0.25, -0.2) is 13.4 Å². The van der Waals surface area contributed by atoms with Crippen LogP contribution in [-0.2, 0) is 14.8 Å². The van der Waals surface area contributed by atoms with Crippen molar-refractivity contribution < 1.29 is 13.2 Å². The average Bonchev–Trinajstić information content (AvgIpc) is 2.89. The molecule has 1 aromatic heterocycles. The van der Waals surface area contributed by atoms with Gasteiger partial charge in [-0.2, -0.15) is 4.31 Å². The van der Waals surface area contributed by atoms with E-state index in [0.29, 0.717) is 28.4 Å². The average molecular weight is 339 g/mol. The Morgan fingerprint density at radius 3 is 2.68 bits per heavy atom. The number of rotatable bonds is 6. The molecular formula is C14H17N3O3S2. The number of nitrogens with zero attached hydrogens (tertiary/aromatic N) is 2. The van der Waals surface area contributed by atoms with Crippen LogP contribution >= 0.6 is 11.3 Å². The smallest absolute Gasteiger partial charge is 0.249 e. The number of anilines is 1. The summed E-state index contributed by atoms with van der Waals surface area (Å²) in [5.41, 5.74) is 0.642. The summed E-state index contributed by atoms with van der Waals surface area (Å²) in [6.45, 7) is 7.81. The number of aromatic nitrogens is 1. The van der Waals surface area contributed by atoms with Gasteiger partial charge in [0.15, 0.2) is 5.13 Å². The highest BCUT2D eigenvalue weighted by atomic mass is 32.2. The second-order valence-electron chi connectivity index (χ2n) is 4.43. The number of sulfonamides is 1. The van der Waals surface area contributed by atoms with E-state index in [1.54, 1.807) is 26.0 Å². The molecule has 0 aliphatic rings. The zero-order valence-electron chi connectivity index (χ0n) is 12.4. The lowest BCUT2D eigenvalue weighted by Gasteiger charge is -2.18. The van der Waals surface area contributed by atoms with Gasteiger partial charge in [0, 0.05) is 13.1 Å². The van der Waals surface area contributed by atoms with Crippen molar-refractivity contribution in [3.8, 4) is 0 Å². The number of hydrogen-bond donors (Lipinski definition) is 1. The molecule has 0 saturated carbocycles. The van der Waals surface area contributed by atoms with Gasteiger partial charge in [-0.15, -0.1) is 0 Å². The minimum atomic E-state index is -3.50. The van der Waals surface area contributed by atoms with E-state index in [4.69, 9.17) is 0 Å². The van der Waals surface area contributed by atoms with Crippen LogP contribution < -0.4 is 5.32 Å². The molecule has 118 valence electrons. The minimum Gasteiger partial charge on any atom is -0.298 e. The molecule has 2 aromatic rings. The molecule has 0 spiro atoms. The van der Waals surface area contributed by atoms with Gasteiger partial charge in [0.05, 0.1) is 15.1 Å². The molecule has 1 heterocycles. The molecule has 1 N–H and O–H groups in total. The number of thiazole rings is 1. The summed E-state index contributed by atoms with van der Waals surface area (Å²) >= 11 is 1.22. The highest BCUT2D eigenvalue weighted by Gasteiger charge is 2.22. The summed E-state index contributed by atoms with van der Waals surface area (Å²) in [5.74, 6) is -0.352. The molecule has 6 nitrogen and oxygen atoms in total. The van der Waals surface area contributed by atoms with Crippen LogP contribution in [0.5, 0.6) is 0 Å². The molecule has 22 heavy (non-hydrogen) atoms. The number of benzene rings is 1. The van der Waals surface area contributed by atoms with E-state index in [0.717, 1.165) is 6.08 Å². The molecule has 1 amide bonds. The van der Waals surface area contributed by atoms with E-state index >= 15 is 0 Å². The number of carbonyl (C=O) groups is 1. The fraction of sp³-hybridized carbons (Fsp3) is 0.286. The van der Waals surface area contributed by atoms with Crippen molar-refractivity contribution in [2.24, 2.45) is 0 Å². The first kappa shape index (κ1) is 16.6. The lowest BCUT2D eigenvalue weighted by atomic mass is 10.3. The second kappa shape index (κ2) is 6.55. The first-order chi connectivity index (χ1) is 10.4. The van der Waals surface area contributed by atoms with Gasteiger partial charge in [0.1, 0.15) is 0 Å². The third-order valence-corrected chi connectivity index (χ3v) is 6.10. The summed E-state index contributed by atoms with van der Waals surface area (Å²) in [6, 6.07) is 4.77. The molecule has 0 bridgehead atoms. The molecule has 0 fully saturated rings. The van der Waals surface area contributed by atoms with Gasteiger partial charge >= 0.3 is 0 Å². The van der Waals surface area contributed by atoms with E-state index in [-0.39, 0.29) is 10.8 Å². The number of carbonyl (C=O) groups excluding carboxylic acids is 1. The standard InChI is InChI=1S/C14H17N3O3S2/c1-4-13(18)16-14-15-11-8-7-10(9-12(11)21-14)22(19,20)17(5-2)6-3/h4,7-9H,1,5-6H2,2-3H3,(H,15,16,18). The Labute approximate surface area is 133 Å². The predicted octanol–water partition coefficient (Wildman–Crippen LogP) is 2.45. The first-order valence-electron chi connectivity index (χ1n) is 6.76. The monoisotopic (exact) mass is 339 g/mol. The van der Waals surface area contributed by atoms with Crippen LogP contribution in [0.25, 0.3) is 10.2 Å². The zero-order chi connectivity index (χ0) is 16.3. The molecule has 0 aliphatic heterocycles. The van der Waals surface area contributed by atoms with Crippen molar-refractivity contribution in [3.05, 3.63) is 30.9 Å². The van der Waals surface area contributed by atoms with Gasteiger partial charge in [-0.3, -0.25) is 10.1 Å². The number of nitrogens with one attached hydrogen (secondary N) is 1. The Morgan fingerprint density at radius 1 is 1.41 bits per heavy atom. The fourth-order valence-corrected chi connectivity index (χ4v) is 4.46. The van der Waals surface area contributed by atoms with Crippen LogP contribution in [-0.4, -0.2) is 36.7 Å². The van der Waals surface area contributed by atoms with E-state index in [9.17, 15) is 13.2 Å². The van der Waals surface area contributed by atoms with E-state index < -0.39 is 10.0 Å². The summed E-state index contributed by atoms with van der Waals surface area (Å²) < 4.78 is 27.1. The van der Waals surface area contributed by atoms with Crippen LogP contribution in [0.1, 0.15) is 13.8 Å². The molecular weight excluding hydrogens is 322 g/mol. The van der Waals surface area contributed by atoms with Gasteiger partial charge in [0.25, 0.3) is 0 Å². The molecule has 0 saturated heterocycles. The van der Waals surface area contributed by atoms with Crippen molar-refractivity contribution in [1.29, 1.82) is 0 Å². The highest BCUT2D eigenvalue weighted by Crippen LogP contribution is 2.29. The first-order valence-corrected chi connectivity index (χ1v) is 9.02. The largest absolute Gasteiger partial charge is 0.298 e. The fourth-order valence-electron chi connectivity index (χ4n) is 1.99. The van der Waals surface area contributed by atoms with E-state index in [1.807, 2.05) is 0 Å². The summed E-state index contributed by atoms with van der Waals surface area (Å²) in [4.78, 5) is 15.8. The topological polar surface area (TPSA) is 79.4 Å². The Kier molecular flexibility index (Phi) is 4.94. The Hall–Kier alpha value is -1.77. The van der Waals surface area contributed by atoms with Crippen LogP contribution in [0.3, 0.4) is 0 Å². The maximum absolute atomic E-state index is 12.5. The molecule has 8 heteroatoms. The molecule has 2 rings (SSSR count). The maximum Gasteiger partial charge on any atom is 0.249 e. The quantitative estimate of drug-likeness (QED) is 0.820. The molecule has 0 atom stereocenters. The highest BCUT2D eigenvalue weighted by molar-refractivity contribution is 7.89. The Morgan fingerprint density at radius 2 is 2.09 bits per heavy atom. The lowest BCUT2D eigenvalue weighted by Crippen LogP contribution is -2.30. The molecule has 0 unspecified atom stereocenters. The zero-order valence-corrected chi connectivity index (χ0v) is 14.0. The van der Waals surface area contributed by atoms with Crippen LogP contribution in [0.15, 0.2) is 35.7 Å². The molecule has 0 aliphatic carbocycles. The predicted molar refractivity (Wildman–Crippen MR) is 88.6 cm³/mol. The third-order valence-electron chi connectivity index (χ3n) is 3.12. The van der Waals surface area contributed by atoms with Crippen molar-refractivity contribution in [3.63, 3.8) is 0 Å². The summed E-state index contributed by atoms with van der Waals surface area (Å²) in [6.07, 6.45) is 1.16. The van der Waals surface area contributed by atoms with Gasteiger partial charge in [0.2, 0.25) is 15.9 Å². The van der Waals surface area contributed by atoms with Crippen molar-refractivity contribution in [2.75, 3.05) is 18.4 Å². The van der Waals surface area contributed by atoms with Crippen molar-refractivity contribution in [2.45, 2.75) is 18.7 Å². The third kappa shape index (κ3) is 3.18. The SMILES string of the molecule is C=CC(=O)Nc1nc2ccc(S(=O)(=O)N(CC)CC)cc2s1. The lowest BCUT2D eigenvalue weighted by molar-refractivity contribution is -0.111. The summed E-state index contributed by atoms with van der Waals surface area (Å²) in [5, 5.41) is 2.99. The number of amides is 1. The molecule has 0 radical (unpaired) electrons. The second-order valence-corrected chi connectivity index (χ2v) is 7.40. The van der Waals surface area contributed by atoms with Crippen molar-refractivity contribution >= 4 is 42.6 Å². The normalized spacial score (nSPS) is 11.8.